The van der Waals surface area contributed by atoms with E-state index in [1.165, 1.54) is 18.7 Å². The Morgan fingerprint density at radius 3 is 2.31 bits per heavy atom. The lowest BCUT2D eigenvalue weighted by Crippen LogP contribution is -2.28. The number of aryl methyl sites for hydroxylation is 1. The molecule has 1 atom stereocenters. The van der Waals surface area contributed by atoms with E-state index in [0.29, 0.717) is 12.0 Å². The lowest BCUT2D eigenvalue weighted by atomic mass is 9.80. The van der Waals surface area contributed by atoms with Crippen LogP contribution in [0.3, 0.4) is 0 Å². The minimum absolute atomic E-state index is 0.139. The summed E-state index contributed by atoms with van der Waals surface area (Å²) in [6.07, 6.45) is 2.75. The van der Waals surface area contributed by atoms with Crippen molar-refractivity contribution in [1.82, 2.24) is 0 Å². The second-order valence-electron chi connectivity index (χ2n) is 6.90. The van der Waals surface area contributed by atoms with E-state index in [1.807, 2.05) is 18.2 Å². The van der Waals surface area contributed by atoms with Crippen molar-refractivity contribution in [2.45, 2.75) is 31.2 Å². The van der Waals surface area contributed by atoms with Crippen molar-refractivity contribution in [3.63, 3.8) is 0 Å². The van der Waals surface area contributed by atoms with Crippen LogP contribution < -0.4 is 13.7 Å². The Hall–Kier alpha value is -2.42. The maximum atomic E-state index is 12.8. The van der Waals surface area contributed by atoms with Crippen LogP contribution in [0.2, 0.25) is 0 Å². The van der Waals surface area contributed by atoms with Crippen molar-refractivity contribution in [1.29, 1.82) is 0 Å². The van der Waals surface area contributed by atoms with E-state index in [1.54, 1.807) is 19.2 Å². The van der Waals surface area contributed by atoms with E-state index in [0.717, 1.165) is 30.6 Å². The molecule has 5 nitrogen and oxygen atoms in total. The maximum Gasteiger partial charge on any atom is 0.534 e. The zero-order valence-corrected chi connectivity index (χ0v) is 16.8. The summed E-state index contributed by atoms with van der Waals surface area (Å²) < 4.78 is 75.9. The number of hydrogen-bond donors (Lipinski definition) is 0. The Morgan fingerprint density at radius 1 is 1.00 bits per heavy atom. The van der Waals surface area contributed by atoms with E-state index in [9.17, 15) is 21.6 Å². The Kier molecular flexibility index (Phi) is 5.97. The van der Waals surface area contributed by atoms with Gasteiger partial charge < -0.3 is 13.7 Å². The fraction of sp³-hybridized carbons (Fsp3) is 0.400. The summed E-state index contributed by atoms with van der Waals surface area (Å²) in [4.78, 5) is 0. The molecule has 0 saturated heterocycles. The topological polar surface area (TPSA) is 61.8 Å². The van der Waals surface area contributed by atoms with Gasteiger partial charge in [0.05, 0.1) is 14.2 Å². The maximum absolute atomic E-state index is 12.8. The summed E-state index contributed by atoms with van der Waals surface area (Å²) >= 11 is 0. The summed E-state index contributed by atoms with van der Waals surface area (Å²) in [5.74, 6) is 0.773. The molecule has 1 aliphatic rings. The van der Waals surface area contributed by atoms with E-state index >= 15 is 0 Å². The van der Waals surface area contributed by atoms with Crippen molar-refractivity contribution >= 4 is 10.1 Å². The van der Waals surface area contributed by atoms with Gasteiger partial charge in [-0.2, -0.15) is 21.6 Å². The van der Waals surface area contributed by atoms with Crippen LogP contribution in [0, 0.1) is 5.92 Å². The SMILES string of the molecule is COc1ccc2c(c1)CCC(Cc1ccc(OC)cc1OS(=O)(=O)C(F)(F)F)C2. The van der Waals surface area contributed by atoms with Gasteiger partial charge in [-0.25, -0.2) is 0 Å². The van der Waals surface area contributed by atoms with E-state index < -0.39 is 15.6 Å². The first-order valence-electron chi connectivity index (χ1n) is 8.96. The molecule has 1 unspecified atom stereocenters. The first kappa shape index (κ1) is 21.3. The highest BCUT2D eigenvalue weighted by molar-refractivity contribution is 7.88. The van der Waals surface area contributed by atoms with Crippen LogP contribution in [0.1, 0.15) is 23.1 Å². The van der Waals surface area contributed by atoms with Crippen molar-refractivity contribution in [2.24, 2.45) is 5.92 Å². The molecule has 3 rings (SSSR count). The smallest absolute Gasteiger partial charge is 0.497 e. The summed E-state index contributed by atoms with van der Waals surface area (Å²) in [7, 11) is -2.82. The fourth-order valence-corrected chi connectivity index (χ4v) is 3.98. The third-order valence-corrected chi connectivity index (χ3v) is 5.98. The highest BCUT2D eigenvalue weighted by Crippen LogP contribution is 2.36. The van der Waals surface area contributed by atoms with E-state index in [4.69, 9.17) is 9.47 Å². The summed E-state index contributed by atoms with van der Waals surface area (Å²) in [5.41, 5.74) is -2.77. The van der Waals surface area contributed by atoms with Crippen LogP contribution in [0.4, 0.5) is 13.2 Å². The molecule has 0 saturated carbocycles. The monoisotopic (exact) mass is 430 g/mol. The highest BCUT2D eigenvalue weighted by atomic mass is 32.2. The molecular formula is C20H21F3O5S. The van der Waals surface area contributed by atoms with Gasteiger partial charge in [-0.05, 0) is 66.5 Å². The normalized spacial score (nSPS) is 16.8. The molecule has 2 aromatic carbocycles. The third kappa shape index (κ3) is 4.77. The first-order valence-corrected chi connectivity index (χ1v) is 10.4. The van der Waals surface area contributed by atoms with Gasteiger partial charge in [0.15, 0.2) is 0 Å². The van der Waals surface area contributed by atoms with Gasteiger partial charge in [0.25, 0.3) is 0 Å². The number of benzene rings is 2. The molecular weight excluding hydrogens is 409 g/mol. The van der Waals surface area contributed by atoms with Crippen molar-refractivity contribution < 1.29 is 35.2 Å². The number of fused-ring (bicyclic) bond motifs is 1. The van der Waals surface area contributed by atoms with Crippen molar-refractivity contribution in [3.05, 3.63) is 53.1 Å². The third-order valence-electron chi connectivity index (χ3n) is 5.01. The van der Waals surface area contributed by atoms with E-state index in [2.05, 4.69) is 4.18 Å². The minimum Gasteiger partial charge on any atom is -0.497 e. The Morgan fingerprint density at radius 2 is 1.66 bits per heavy atom. The van der Waals surface area contributed by atoms with Gasteiger partial charge in [0.1, 0.15) is 17.2 Å². The van der Waals surface area contributed by atoms with Gasteiger partial charge in [0, 0.05) is 6.07 Å². The molecule has 0 fully saturated rings. The molecule has 9 heteroatoms. The van der Waals surface area contributed by atoms with Crippen LogP contribution in [0.25, 0.3) is 0 Å². The first-order chi connectivity index (χ1) is 13.6. The lowest BCUT2D eigenvalue weighted by Gasteiger charge is -2.26. The predicted molar refractivity (Wildman–Crippen MR) is 101 cm³/mol. The van der Waals surface area contributed by atoms with E-state index in [-0.39, 0.29) is 17.4 Å². The van der Waals surface area contributed by atoms with Crippen LogP contribution in [-0.2, 0) is 29.4 Å². The number of halogens is 3. The standard InChI is InChI=1S/C20H21F3O5S/c1-26-17-7-5-14-9-13(3-4-15(14)11-17)10-16-6-8-18(27-2)12-19(16)28-29(24,25)20(21,22)23/h5-8,11-13H,3-4,9-10H2,1-2H3. The van der Waals surface area contributed by atoms with Crippen LogP contribution >= 0.6 is 0 Å². The lowest BCUT2D eigenvalue weighted by molar-refractivity contribution is -0.0500. The Balaban J connectivity index is 1.83. The zero-order chi connectivity index (χ0) is 21.2. The highest BCUT2D eigenvalue weighted by Gasteiger charge is 2.48. The molecule has 0 heterocycles. The summed E-state index contributed by atoms with van der Waals surface area (Å²) in [6.45, 7) is 0. The van der Waals surface area contributed by atoms with Crippen molar-refractivity contribution in [2.75, 3.05) is 14.2 Å². The molecule has 0 N–H and O–H groups in total. The van der Waals surface area contributed by atoms with Gasteiger partial charge in [0.2, 0.25) is 0 Å². The fourth-order valence-electron chi connectivity index (χ4n) is 3.49. The Labute approximate surface area is 167 Å². The average molecular weight is 430 g/mol. The molecule has 0 amide bonds. The number of methoxy groups -OCH3 is 2. The summed E-state index contributed by atoms with van der Waals surface area (Å²) in [5, 5.41) is 0. The van der Waals surface area contributed by atoms with Crippen LogP contribution in [0.5, 0.6) is 17.2 Å². The quantitative estimate of drug-likeness (QED) is 0.506. The molecule has 1 aliphatic carbocycles. The molecule has 0 bridgehead atoms. The van der Waals surface area contributed by atoms with Crippen molar-refractivity contribution in [3.8, 4) is 17.2 Å². The molecule has 0 radical (unpaired) electrons. The van der Waals surface area contributed by atoms with Gasteiger partial charge in [-0.1, -0.05) is 12.1 Å². The molecule has 0 spiro atoms. The number of hydrogen-bond acceptors (Lipinski definition) is 5. The van der Waals surface area contributed by atoms with Gasteiger partial charge >= 0.3 is 15.6 Å². The molecule has 2 aromatic rings. The van der Waals surface area contributed by atoms with Gasteiger partial charge in [-0.3, -0.25) is 0 Å². The summed E-state index contributed by atoms with van der Waals surface area (Å²) in [6, 6.07) is 10.1. The van der Waals surface area contributed by atoms with Crippen LogP contribution in [-0.4, -0.2) is 28.1 Å². The number of ether oxygens (including phenoxy) is 2. The largest absolute Gasteiger partial charge is 0.534 e. The predicted octanol–water partition coefficient (Wildman–Crippen LogP) is 4.28. The molecule has 0 aromatic heterocycles. The average Bonchev–Trinajstić information content (AvgIpc) is 2.67. The molecule has 0 aliphatic heterocycles. The van der Waals surface area contributed by atoms with Crippen LogP contribution in [0.15, 0.2) is 36.4 Å². The molecule has 29 heavy (non-hydrogen) atoms. The minimum atomic E-state index is -5.76. The second-order valence-corrected chi connectivity index (χ2v) is 8.44. The number of alkyl halides is 3. The zero-order valence-electron chi connectivity index (χ0n) is 16.0. The Bertz CT molecular complexity index is 986. The second kappa shape index (κ2) is 8.14. The molecule has 158 valence electrons. The van der Waals surface area contributed by atoms with Gasteiger partial charge in [-0.15, -0.1) is 0 Å². The number of rotatable bonds is 6.